The molecule has 0 bridgehead atoms. The van der Waals surface area contributed by atoms with Crippen LogP contribution in [-0.2, 0) is 0 Å². The van der Waals surface area contributed by atoms with Crippen LogP contribution in [-0.4, -0.2) is 36.1 Å². The maximum atomic E-state index is 8.90. The van der Waals surface area contributed by atoms with Crippen molar-refractivity contribution in [1.82, 2.24) is 4.73 Å². The van der Waals surface area contributed by atoms with Crippen molar-refractivity contribution < 1.29 is 14.4 Å². The summed E-state index contributed by atoms with van der Waals surface area (Å²) in [5, 5.41) is 8.90. The number of nitrogens with two attached hydrogens (primary N) is 1. The van der Waals surface area contributed by atoms with Gasteiger partial charge in [0.2, 0.25) is 0 Å². The van der Waals surface area contributed by atoms with Crippen LogP contribution in [0.2, 0.25) is 0 Å². The standard InChI is InChI=1S/C12H17N3O3/c13-11-7-9-10(18-11)8-12(14-3-1-2-4-14)15(9)17-6-5-16/h7-8,16H,1-6,13H2. The number of nitrogens with zero attached hydrogens (tertiary/aromatic N) is 2. The van der Waals surface area contributed by atoms with Crippen LogP contribution in [0.1, 0.15) is 12.8 Å². The highest BCUT2D eigenvalue weighted by atomic mass is 16.7. The second-order valence-corrected chi connectivity index (χ2v) is 4.45. The number of aliphatic hydroxyl groups is 1. The van der Waals surface area contributed by atoms with E-state index in [0.29, 0.717) is 11.5 Å². The molecule has 0 spiro atoms. The third-order valence-corrected chi connectivity index (χ3v) is 3.19. The molecule has 3 rings (SSSR count). The van der Waals surface area contributed by atoms with E-state index in [2.05, 4.69) is 4.90 Å². The zero-order valence-corrected chi connectivity index (χ0v) is 10.1. The molecule has 1 fully saturated rings. The van der Waals surface area contributed by atoms with E-state index in [4.69, 9.17) is 20.1 Å². The fourth-order valence-corrected chi connectivity index (χ4v) is 2.41. The Labute approximate surface area is 104 Å². The molecule has 0 aromatic carbocycles. The summed E-state index contributed by atoms with van der Waals surface area (Å²) in [6, 6.07) is 3.68. The van der Waals surface area contributed by atoms with Gasteiger partial charge in [0.15, 0.2) is 11.5 Å². The quantitative estimate of drug-likeness (QED) is 0.842. The van der Waals surface area contributed by atoms with Crippen LogP contribution in [0.15, 0.2) is 16.5 Å². The van der Waals surface area contributed by atoms with Gasteiger partial charge in [-0.15, -0.1) is 0 Å². The maximum absolute atomic E-state index is 8.90. The van der Waals surface area contributed by atoms with Crippen LogP contribution in [0.3, 0.4) is 0 Å². The van der Waals surface area contributed by atoms with E-state index in [-0.39, 0.29) is 13.2 Å². The minimum Gasteiger partial charge on any atom is -0.439 e. The van der Waals surface area contributed by atoms with Crippen LogP contribution in [0.5, 0.6) is 0 Å². The highest BCUT2D eigenvalue weighted by Gasteiger charge is 2.21. The third-order valence-electron chi connectivity index (χ3n) is 3.19. The van der Waals surface area contributed by atoms with Crippen molar-refractivity contribution in [3.05, 3.63) is 12.1 Å². The molecular formula is C12H17N3O3. The van der Waals surface area contributed by atoms with Crippen molar-refractivity contribution in [3.63, 3.8) is 0 Å². The third kappa shape index (κ3) is 1.78. The molecule has 3 N–H and O–H groups in total. The topological polar surface area (TPSA) is 76.8 Å². The molecule has 6 nitrogen and oxygen atoms in total. The normalized spacial score (nSPS) is 15.7. The van der Waals surface area contributed by atoms with Crippen molar-refractivity contribution in [2.24, 2.45) is 0 Å². The number of aliphatic hydroxyl groups excluding tert-OH is 1. The summed E-state index contributed by atoms with van der Waals surface area (Å²) in [6.45, 7) is 2.26. The number of aromatic nitrogens is 1. The summed E-state index contributed by atoms with van der Waals surface area (Å²) in [7, 11) is 0. The Bertz CT molecular complexity index is 540. The lowest BCUT2D eigenvalue weighted by molar-refractivity contribution is 0.0852. The molecule has 3 heterocycles. The Kier molecular flexibility index (Phi) is 2.79. The van der Waals surface area contributed by atoms with Crippen molar-refractivity contribution in [2.75, 3.05) is 36.9 Å². The number of anilines is 2. The van der Waals surface area contributed by atoms with Crippen LogP contribution in [0.25, 0.3) is 11.1 Å². The predicted octanol–water partition coefficient (Wildman–Crippen LogP) is 0.838. The Morgan fingerprint density at radius 3 is 2.83 bits per heavy atom. The SMILES string of the molecule is Nc1cc2c(cc(N3CCCC3)n2OCCO)o1. The first kappa shape index (κ1) is 11.3. The molecule has 1 aliphatic rings. The van der Waals surface area contributed by atoms with Crippen LogP contribution in [0, 0.1) is 0 Å². The largest absolute Gasteiger partial charge is 0.439 e. The van der Waals surface area contributed by atoms with Gasteiger partial charge in [-0.2, -0.15) is 4.73 Å². The zero-order valence-electron chi connectivity index (χ0n) is 10.1. The van der Waals surface area contributed by atoms with Gasteiger partial charge in [0.1, 0.15) is 17.9 Å². The molecule has 0 radical (unpaired) electrons. The molecule has 0 unspecified atom stereocenters. The Morgan fingerprint density at radius 1 is 1.33 bits per heavy atom. The second-order valence-electron chi connectivity index (χ2n) is 4.45. The molecule has 2 aromatic rings. The number of nitrogen functional groups attached to an aromatic ring is 1. The number of furan rings is 1. The molecule has 98 valence electrons. The van der Waals surface area contributed by atoms with E-state index in [1.807, 2.05) is 6.07 Å². The van der Waals surface area contributed by atoms with E-state index in [1.54, 1.807) is 10.8 Å². The highest BCUT2D eigenvalue weighted by molar-refractivity contribution is 5.82. The molecule has 18 heavy (non-hydrogen) atoms. The molecule has 6 heteroatoms. The fourth-order valence-electron chi connectivity index (χ4n) is 2.41. The fraction of sp³-hybridized carbons (Fsp3) is 0.500. The first-order chi connectivity index (χ1) is 8.79. The van der Waals surface area contributed by atoms with Crippen molar-refractivity contribution in [3.8, 4) is 0 Å². The Morgan fingerprint density at radius 2 is 2.11 bits per heavy atom. The average molecular weight is 251 g/mol. The van der Waals surface area contributed by atoms with Gasteiger partial charge in [0.05, 0.1) is 6.61 Å². The molecule has 0 aliphatic carbocycles. The summed E-state index contributed by atoms with van der Waals surface area (Å²) in [6.07, 6.45) is 2.38. The maximum Gasteiger partial charge on any atom is 0.193 e. The van der Waals surface area contributed by atoms with Gasteiger partial charge in [-0.25, -0.2) is 0 Å². The van der Waals surface area contributed by atoms with Crippen molar-refractivity contribution >= 4 is 22.8 Å². The highest BCUT2D eigenvalue weighted by Crippen LogP contribution is 2.31. The number of rotatable bonds is 4. The lowest BCUT2D eigenvalue weighted by Gasteiger charge is -2.19. The Balaban J connectivity index is 2.02. The summed E-state index contributed by atoms with van der Waals surface area (Å²) in [5.41, 5.74) is 7.16. The van der Waals surface area contributed by atoms with Gasteiger partial charge >= 0.3 is 0 Å². The van der Waals surface area contributed by atoms with Gasteiger partial charge in [0.25, 0.3) is 0 Å². The van der Waals surface area contributed by atoms with E-state index in [1.165, 1.54) is 12.8 Å². The monoisotopic (exact) mass is 251 g/mol. The number of hydrogen-bond donors (Lipinski definition) is 2. The molecule has 2 aromatic heterocycles. The predicted molar refractivity (Wildman–Crippen MR) is 68.6 cm³/mol. The summed E-state index contributed by atoms with van der Waals surface area (Å²) in [5.74, 6) is 1.34. The first-order valence-electron chi connectivity index (χ1n) is 6.19. The van der Waals surface area contributed by atoms with E-state index in [0.717, 1.165) is 24.4 Å². The Hall–Kier alpha value is -1.82. The molecule has 1 aliphatic heterocycles. The average Bonchev–Trinajstić information content (AvgIpc) is 3.01. The van der Waals surface area contributed by atoms with Crippen molar-refractivity contribution in [1.29, 1.82) is 0 Å². The molecule has 1 saturated heterocycles. The summed E-state index contributed by atoms with van der Waals surface area (Å²) in [4.78, 5) is 7.83. The van der Waals surface area contributed by atoms with Crippen LogP contribution >= 0.6 is 0 Å². The van der Waals surface area contributed by atoms with Gasteiger partial charge < -0.3 is 25.0 Å². The lowest BCUT2D eigenvalue weighted by atomic mass is 10.4. The van der Waals surface area contributed by atoms with Gasteiger partial charge in [-0.1, -0.05) is 0 Å². The molecular weight excluding hydrogens is 234 g/mol. The number of fused-ring (bicyclic) bond motifs is 1. The first-order valence-corrected chi connectivity index (χ1v) is 6.19. The van der Waals surface area contributed by atoms with Gasteiger partial charge in [-0.05, 0) is 12.8 Å². The molecule has 0 atom stereocenters. The van der Waals surface area contributed by atoms with E-state index in [9.17, 15) is 0 Å². The molecule has 0 amide bonds. The van der Waals surface area contributed by atoms with E-state index < -0.39 is 0 Å². The second kappa shape index (κ2) is 4.45. The zero-order chi connectivity index (χ0) is 12.5. The van der Waals surface area contributed by atoms with Crippen LogP contribution < -0.4 is 15.5 Å². The lowest BCUT2D eigenvalue weighted by Crippen LogP contribution is -2.25. The smallest absolute Gasteiger partial charge is 0.193 e. The van der Waals surface area contributed by atoms with Gasteiger partial charge in [-0.3, -0.25) is 0 Å². The molecule has 0 saturated carbocycles. The van der Waals surface area contributed by atoms with Crippen LogP contribution in [0.4, 0.5) is 11.7 Å². The minimum absolute atomic E-state index is 0.0214. The van der Waals surface area contributed by atoms with E-state index >= 15 is 0 Å². The minimum atomic E-state index is -0.0214. The van der Waals surface area contributed by atoms with Gasteiger partial charge in [0, 0.05) is 25.2 Å². The summed E-state index contributed by atoms with van der Waals surface area (Å²) < 4.78 is 7.12. The van der Waals surface area contributed by atoms with Crippen molar-refractivity contribution in [2.45, 2.75) is 12.8 Å². The number of hydrogen-bond acceptors (Lipinski definition) is 5. The summed E-state index contributed by atoms with van der Waals surface area (Å²) >= 11 is 0.